The van der Waals surface area contributed by atoms with Crippen molar-refractivity contribution >= 4 is 6.29 Å². The zero-order chi connectivity index (χ0) is 9.97. The molecule has 0 N–H and O–H groups in total. The molecule has 1 aliphatic heterocycles. The monoisotopic (exact) mass is 190 g/mol. The van der Waals surface area contributed by atoms with Gasteiger partial charge in [0.2, 0.25) is 0 Å². The maximum absolute atomic E-state index is 10.4. The fraction of sp³-hybridized carbons (Fsp3) is 0.417. The first-order valence-corrected chi connectivity index (χ1v) is 5.00. The highest BCUT2D eigenvalue weighted by atomic mass is 16.5. The van der Waals surface area contributed by atoms with E-state index in [1.54, 1.807) is 0 Å². The Morgan fingerprint density at radius 3 is 3.21 bits per heavy atom. The third-order valence-corrected chi connectivity index (χ3v) is 2.74. The van der Waals surface area contributed by atoms with Gasteiger partial charge < -0.3 is 9.53 Å². The predicted molar refractivity (Wildman–Crippen MR) is 54.7 cm³/mol. The molecule has 1 aromatic carbocycles. The van der Waals surface area contributed by atoms with Crippen LogP contribution in [0.15, 0.2) is 18.2 Å². The van der Waals surface area contributed by atoms with Crippen LogP contribution < -0.4 is 4.74 Å². The van der Waals surface area contributed by atoms with E-state index in [2.05, 4.69) is 25.1 Å². The van der Waals surface area contributed by atoms with E-state index in [4.69, 9.17) is 4.74 Å². The molecule has 1 heterocycles. The van der Waals surface area contributed by atoms with Crippen LogP contribution in [-0.4, -0.2) is 12.9 Å². The lowest BCUT2D eigenvalue weighted by molar-refractivity contribution is -0.108. The fourth-order valence-corrected chi connectivity index (χ4v) is 1.77. The minimum Gasteiger partial charge on any atom is -0.493 e. The number of benzene rings is 1. The number of carbonyl (C=O) groups is 1. The quantitative estimate of drug-likeness (QED) is 0.684. The Kier molecular flexibility index (Phi) is 2.53. The number of ether oxygens (including phenoxy) is 1. The van der Waals surface area contributed by atoms with E-state index in [1.807, 2.05) is 0 Å². The van der Waals surface area contributed by atoms with E-state index in [9.17, 15) is 4.79 Å². The molecule has 2 nitrogen and oxygen atoms in total. The minimum atomic E-state index is 0.294. The van der Waals surface area contributed by atoms with E-state index >= 15 is 0 Å². The Labute approximate surface area is 83.9 Å². The van der Waals surface area contributed by atoms with Crippen LogP contribution in [0.25, 0.3) is 0 Å². The lowest BCUT2D eigenvalue weighted by Crippen LogP contribution is -1.94. The molecule has 0 fully saturated rings. The first-order valence-electron chi connectivity index (χ1n) is 5.00. The normalized spacial score (nSPS) is 15.8. The first kappa shape index (κ1) is 9.25. The molecule has 0 radical (unpaired) electrons. The van der Waals surface area contributed by atoms with Gasteiger partial charge in [0, 0.05) is 12.8 Å². The van der Waals surface area contributed by atoms with Crippen LogP contribution in [-0.2, 0) is 11.2 Å². The van der Waals surface area contributed by atoms with Gasteiger partial charge in [0.15, 0.2) is 0 Å². The summed E-state index contributed by atoms with van der Waals surface area (Å²) in [6, 6.07) is 6.27. The van der Waals surface area contributed by atoms with Crippen molar-refractivity contribution in [1.82, 2.24) is 0 Å². The molecule has 0 saturated carbocycles. The summed E-state index contributed by atoms with van der Waals surface area (Å²) in [5.41, 5.74) is 2.48. The molecule has 1 unspecified atom stereocenters. The van der Waals surface area contributed by atoms with Gasteiger partial charge in [-0.1, -0.05) is 19.1 Å². The molecule has 14 heavy (non-hydrogen) atoms. The Balaban J connectivity index is 2.23. The van der Waals surface area contributed by atoms with Crippen molar-refractivity contribution in [2.24, 2.45) is 0 Å². The maximum atomic E-state index is 10.4. The van der Waals surface area contributed by atoms with Gasteiger partial charge >= 0.3 is 0 Å². The lowest BCUT2D eigenvalue weighted by Gasteiger charge is -2.09. The van der Waals surface area contributed by atoms with Gasteiger partial charge in [-0.15, -0.1) is 0 Å². The maximum Gasteiger partial charge on any atom is 0.122 e. The van der Waals surface area contributed by atoms with Crippen LogP contribution in [0.3, 0.4) is 0 Å². The zero-order valence-corrected chi connectivity index (χ0v) is 8.32. The van der Waals surface area contributed by atoms with Gasteiger partial charge in [0.25, 0.3) is 0 Å². The van der Waals surface area contributed by atoms with Crippen molar-refractivity contribution in [3.8, 4) is 5.75 Å². The molecule has 1 aliphatic rings. The van der Waals surface area contributed by atoms with Crippen LogP contribution in [0.5, 0.6) is 5.75 Å². The molecule has 2 rings (SSSR count). The number of aldehydes is 1. The first-order chi connectivity index (χ1) is 6.81. The van der Waals surface area contributed by atoms with Gasteiger partial charge in [0.05, 0.1) is 6.61 Å². The number of hydrogen-bond donors (Lipinski definition) is 0. The van der Waals surface area contributed by atoms with E-state index < -0.39 is 0 Å². The second kappa shape index (κ2) is 3.82. The molecular formula is C12H14O2. The topological polar surface area (TPSA) is 26.3 Å². The van der Waals surface area contributed by atoms with Crippen LogP contribution in [0.1, 0.15) is 30.4 Å². The van der Waals surface area contributed by atoms with Crippen molar-refractivity contribution in [3.05, 3.63) is 29.3 Å². The highest BCUT2D eigenvalue weighted by molar-refractivity contribution is 5.52. The minimum absolute atomic E-state index is 0.294. The average molecular weight is 190 g/mol. The Hall–Kier alpha value is -1.31. The van der Waals surface area contributed by atoms with E-state index in [0.717, 1.165) is 25.1 Å². The fourth-order valence-electron chi connectivity index (χ4n) is 1.77. The lowest BCUT2D eigenvalue weighted by atomic mass is 9.97. The Bertz CT molecular complexity index is 344. The molecule has 1 atom stereocenters. The van der Waals surface area contributed by atoms with Crippen LogP contribution >= 0.6 is 0 Å². The second-order valence-electron chi connectivity index (χ2n) is 3.77. The number of rotatable bonds is 3. The average Bonchev–Trinajstić information content (AvgIpc) is 2.64. The number of fused-ring (bicyclic) bond motifs is 1. The predicted octanol–water partition coefficient (Wildman–Crippen LogP) is 2.31. The molecule has 0 bridgehead atoms. The molecular weight excluding hydrogens is 176 g/mol. The van der Waals surface area contributed by atoms with E-state index in [1.165, 1.54) is 11.1 Å². The Morgan fingerprint density at radius 1 is 1.57 bits per heavy atom. The van der Waals surface area contributed by atoms with Crippen molar-refractivity contribution in [1.29, 1.82) is 0 Å². The van der Waals surface area contributed by atoms with Gasteiger partial charge in [-0.3, -0.25) is 0 Å². The number of hydrogen-bond acceptors (Lipinski definition) is 2. The summed E-state index contributed by atoms with van der Waals surface area (Å²) in [5, 5.41) is 0. The second-order valence-corrected chi connectivity index (χ2v) is 3.77. The van der Waals surface area contributed by atoms with Gasteiger partial charge in [-0.05, 0) is 23.1 Å². The summed E-state index contributed by atoms with van der Waals surface area (Å²) < 4.78 is 5.48. The van der Waals surface area contributed by atoms with Crippen LogP contribution in [0, 0.1) is 0 Å². The largest absolute Gasteiger partial charge is 0.493 e. The SMILES string of the molecule is CC(CC=O)c1ccc2c(c1)OCC2. The summed E-state index contributed by atoms with van der Waals surface area (Å²) >= 11 is 0. The van der Waals surface area contributed by atoms with Crippen LogP contribution in [0.2, 0.25) is 0 Å². The van der Waals surface area contributed by atoms with Gasteiger partial charge in [-0.25, -0.2) is 0 Å². The molecule has 0 saturated heterocycles. The molecule has 2 heteroatoms. The summed E-state index contributed by atoms with van der Waals surface area (Å²) in [5.74, 6) is 1.29. The van der Waals surface area contributed by atoms with E-state index in [-0.39, 0.29) is 0 Å². The molecule has 74 valence electrons. The third-order valence-electron chi connectivity index (χ3n) is 2.74. The van der Waals surface area contributed by atoms with Crippen molar-refractivity contribution < 1.29 is 9.53 Å². The highest BCUT2D eigenvalue weighted by Gasteiger charge is 2.14. The summed E-state index contributed by atoms with van der Waals surface area (Å²) in [6.07, 6.45) is 2.56. The van der Waals surface area contributed by atoms with Crippen molar-refractivity contribution in [2.75, 3.05) is 6.61 Å². The molecule has 0 aromatic heterocycles. The molecule has 0 spiro atoms. The van der Waals surface area contributed by atoms with Crippen LogP contribution in [0.4, 0.5) is 0 Å². The zero-order valence-electron chi connectivity index (χ0n) is 8.32. The molecule has 1 aromatic rings. The van der Waals surface area contributed by atoms with Crippen molar-refractivity contribution in [3.63, 3.8) is 0 Å². The molecule has 0 amide bonds. The van der Waals surface area contributed by atoms with Crippen molar-refractivity contribution in [2.45, 2.75) is 25.7 Å². The summed E-state index contributed by atoms with van der Waals surface area (Å²) in [7, 11) is 0. The molecule has 0 aliphatic carbocycles. The standard InChI is InChI=1S/C12H14O2/c1-9(4-6-13)11-3-2-10-5-7-14-12(10)8-11/h2-3,6,8-9H,4-5,7H2,1H3. The Morgan fingerprint density at radius 2 is 2.43 bits per heavy atom. The smallest absolute Gasteiger partial charge is 0.122 e. The third kappa shape index (κ3) is 1.65. The number of carbonyl (C=O) groups excluding carboxylic acids is 1. The van der Waals surface area contributed by atoms with E-state index in [0.29, 0.717) is 12.3 Å². The summed E-state index contributed by atoms with van der Waals surface area (Å²) in [6.45, 7) is 2.85. The van der Waals surface area contributed by atoms with Gasteiger partial charge in [-0.2, -0.15) is 0 Å². The highest BCUT2D eigenvalue weighted by Crippen LogP contribution is 2.29. The summed E-state index contributed by atoms with van der Waals surface area (Å²) in [4.78, 5) is 10.4. The van der Waals surface area contributed by atoms with Gasteiger partial charge in [0.1, 0.15) is 12.0 Å².